The lowest BCUT2D eigenvalue weighted by atomic mass is 10.4. The largest absolute Gasteiger partial charge is 0.332 e. The molecule has 2 aromatic rings. The third-order valence-corrected chi connectivity index (χ3v) is 3.12. The molecule has 0 unspecified atom stereocenters. The van der Waals surface area contributed by atoms with E-state index in [1.165, 1.54) is 4.57 Å². The van der Waals surface area contributed by atoms with E-state index in [2.05, 4.69) is 4.98 Å². The van der Waals surface area contributed by atoms with Crippen LogP contribution in [0.2, 0.25) is 0 Å². The lowest BCUT2D eigenvalue weighted by Gasteiger charge is -2.06. The van der Waals surface area contributed by atoms with Crippen molar-refractivity contribution in [3.8, 4) is 0 Å². The third-order valence-electron chi connectivity index (χ3n) is 3.12. The molecule has 0 radical (unpaired) electrons. The standard InChI is InChI=1S/C11H17N5O2/c1-4-7-13-9-8(14(7)2)10(17)16(6-5-12)11(18)15(9)3/h4-6,12H2,1-3H3. The van der Waals surface area contributed by atoms with Gasteiger partial charge in [-0.25, -0.2) is 9.78 Å². The zero-order valence-electron chi connectivity index (χ0n) is 10.8. The Labute approximate surface area is 103 Å². The van der Waals surface area contributed by atoms with E-state index in [0.717, 1.165) is 10.4 Å². The van der Waals surface area contributed by atoms with E-state index >= 15 is 0 Å². The summed E-state index contributed by atoms with van der Waals surface area (Å²) in [7, 11) is 3.40. The smallest absolute Gasteiger partial charge is 0.329 e. The fourth-order valence-electron chi connectivity index (χ4n) is 2.13. The quantitative estimate of drug-likeness (QED) is 0.754. The molecule has 2 N–H and O–H groups in total. The molecule has 7 nitrogen and oxygen atoms in total. The first kappa shape index (κ1) is 12.6. The molecular weight excluding hydrogens is 234 g/mol. The predicted molar refractivity (Wildman–Crippen MR) is 68.6 cm³/mol. The summed E-state index contributed by atoms with van der Waals surface area (Å²) >= 11 is 0. The highest BCUT2D eigenvalue weighted by atomic mass is 16.2. The number of rotatable bonds is 3. The van der Waals surface area contributed by atoms with Crippen LogP contribution >= 0.6 is 0 Å². The Hall–Kier alpha value is -1.89. The van der Waals surface area contributed by atoms with Gasteiger partial charge in [0.15, 0.2) is 11.2 Å². The minimum Gasteiger partial charge on any atom is -0.329 e. The minimum absolute atomic E-state index is 0.216. The van der Waals surface area contributed by atoms with Gasteiger partial charge in [-0.05, 0) is 0 Å². The maximum Gasteiger partial charge on any atom is 0.332 e. The summed E-state index contributed by atoms with van der Waals surface area (Å²) in [6.45, 7) is 2.42. The van der Waals surface area contributed by atoms with Crippen LogP contribution in [0.1, 0.15) is 12.7 Å². The van der Waals surface area contributed by atoms with Gasteiger partial charge in [0.05, 0.1) is 0 Å². The topological polar surface area (TPSA) is 87.8 Å². The van der Waals surface area contributed by atoms with E-state index in [1.54, 1.807) is 18.7 Å². The maximum absolute atomic E-state index is 12.3. The molecule has 0 aliphatic rings. The molecule has 7 heteroatoms. The van der Waals surface area contributed by atoms with E-state index in [-0.39, 0.29) is 24.3 Å². The summed E-state index contributed by atoms with van der Waals surface area (Å²) in [5, 5.41) is 0. The number of hydrogen-bond acceptors (Lipinski definition) is 4. The van der Waals surface area contributed by atoms with Gasteiger partial charge in [-0.3, -0.25) is 13.9 Å². The molecule has 0 saturated heterocycles. The molecule has 0 atom stereocenters. The number of nitrogens with zero attached hydrogens (tertiary/aromatic N) is 4. The summed E-state index contributed by atoms with van der Waals surface area (Å²) in [6, 6.07) is 0. The van der Waals surface area contributed by atoms with Gasteiger partial charge >= 0.3 is 5.69 Å². The molecule has 2 heterocycles. The third kappa shape index (κ3) is 1.59. The summed E-state index contributed by atoms with van der Waals surface area (Å²) in [5.41, 5.74) is 5.60. The molecule has 18 heavy (non-hydrogen) atoms. The molecule has 0 fully saturated rings. The second kappa shape index (κ2) is 4.41. The zero-order chi connectivity index (χ0) is 13.4. The summed E-state index contributed by atoms with van der Waals surface area (Å²) in [6.07, 6.45) is 0.704. The number of aryl methyl sites for hydroxylation is 3. The molecule has 0 spiro atoms. The molecule has 0 aromatic carbocycles. The minimum atomic E-state index is -0.376. The molecule has 0 bridgehead atoms. The molecule has 0 amide bonds. The Morgan fingerprint density at radius 2 is 1.89 bits per heavy atom. The van der Waals surface area contributed by atoms with Crippen LogP contribution in [0.25, 0.3) is 11.2 Å². The van der Waals surface area contributed by atoms with E-state index in [4.69, 9.17) is 5.73 Å². The first-order valence-corrected chi connectivity index (χ1v) is 5.88. The average Bonchev–Trinajstić information content (AvgIpc) is 2.69. The molecule has 0 saturated carbocycles. The normalized spacial score (nSPS) is 11.3. The van der Waals surface area contributed by atoms with Crippen LogP contribution < -0.4 is 17.0 Å². The van der Waals surface area contributed by atoms with Gasteiger partial charge in [0.1, 0.15) is 5.82 Å². The summed E-state index contributed by atoms with van der Waals surface area (Å²) in [5.74, 6) is 0.780. The van der Waals surface area contributed by atoms with Gasteiger partial charge in [-0.2, -0.15) is 0 Å². The Bertz CT molecular complexity index is 707. The zero-order valence-corrected chi connectivity index (χ0v) is 10.8. The number of imidazole rings is 1. The number of fused-ring (bicyclic) bond motifs is 1. The van der Waals surface area contributed by atoms with Gasteiger partial charge in [0.25, 0.3) is 5.56 Å². The Balaban J connectivity index is 2.97. The van der Waals surface area contributed by atoms with Gasteiger partial charge in [0.2, 0.25) is 0 Å². The van der Waals surface area contributed by atoms with Crippen LogP contribution in [-0.4, -0.2) is 25.2 Å². The van der Waals surface area contributed by atoms with E-state index in [0.29, 0.717) is 17.6 Å². The first-order valence-electron chi connectivity index (χ1n) is 5.88. The van der Waals surface area contributed by atoms with Crippen molar-refractivity contribution in [3.63, 3.8) is 0 Å². The van der Waals surface area contributed by atoms with E-state index in [9.17, 15) is 9.59 Å². The highest BCUT2D eigenvalue weighted by Crippen LogP contribution is 2.08. The molecule has 2 rings (SSSR count). The van der Waals surface area contributed by atoms with Crippen LogP contribution in [0.15, 0.2) is 9.59 Å². The van der Waals surface area contributed by atoms with Crippen molar-refractivity contribution < 1.29 is 0 Å². The fraction of sp³-hybridized carbons (Fsp3) is 0.545. The molecule has 0 aliphatic carbocycles. The lowest BCUT2D eigenvalue weighted by molar-refractivity contribution is 0.609. The highest BCUT2D eigenvalue weighted by molar-refractivity contribution is 5.70. The molecular formula is C11H17N5O2. The number of aromatic nitrogens is 4. The van der Waals surface area contributed by atoms with E-state index in [1.807, 2.05) is 6.92 Å². The monoisotopic (exact) mass is 251 g/mol. The Kier molecular flexibility index (Phi) is 3.08. The highest BCUT2D eigenvalue weighted by Gasteiger charge is 2.16. The van der Waals surface area contributed by atoms with Crippen molar-refractivity contribution in [2.45, 2.75) is 19.9 Å². The summed E-state index contributed by atoms with van der Waals surface area (Å²) in [4.78, 5) is 28.6. The predicted octanol–water partition coefficient (Wildman–Crippen LogP) is -1.05. The Morgan fingerprint density at radius 1 is 1.22 bits per heavy atom. The van der Waals surface area contributed by atoms with E-state index < -0.39 is 0 Å². The SMILES string of the molecule is CCc1nc2c(c(=O)n(CCN)c(=O)n2C)n1C. The molecule has 2 aromatic heterocycles. The van der Waals surface area contributed by atoms with Crippen molar-refractivity contribution in [1.29, 1.82) is 0 Å². The van der Waals surface area contributed by atoms with Gasteiger partial charge in [0, 0.05) is 33.6 Å². The van der Waals surface area contributed by atoms with Crippen molar-refractivity contribution >= 4 is 11.2 Å². The molecule has 98 valence electrons. The lowest BCUT2D eigenvalue weighted by Crippen LogP contribution is -2.41. The van der Waals surface area contributed by atoms with Crippen molar-refractivity contribution in [1.82, 2.24) is 18.7 Å². The number of nitrogens with two attached hydrogens (primary N) is 1. The van der Waals surface area contributed by atoms with Crippen LogP contribution in [0.3, 0.4) is 0 Å². The second-order valence-electron chi connectivity index (χ2n) is 4.20. The van der Waals surface area contributed by atoms with Crippen LogP contribution in [0, 0.1) is 0 Å². The first-order chi connectivity index (χ1) is 8.52. The van der Waals surface area contributed by atoms with Gasteiger partial charge in [-0.15, -0.1) is 0 Å². The van der Waals surface area contributed by atoms with Crippen molar-refractivity contribution in [2.24, 2.45) is 19.8 Å². The number of hydrogen-bond donors (Lipinski definition) is 1. The van der Waals surface area contributed by atoms with Crippen LogP contribution in [-0.2, 0) is 27.1 Å². The maximum atomic E-state index is 12.3. The van der Waals surface area contributed by atoms with Crippen molar-refractivity contribution in [3.05, 3.63) is 26.7 Å². The van der Waals surface area contributed by atoms with Gasteiger partial charge < -0.3 is 10.3 Å². The Morgan fingerprint density at radius 3 is 2.44 bits per heavy atom. The second-order valence-corrected chi connectivity index (χ2v) is 4.20. The molecule has 0 aliphatic heterocycles. The van der Waals surface area contributed by atoms with Crippen LogP contribution in [0.4, 0.5) is 0 Å². The summed E-state index contributed by atoms with van der Waals surface area (Å²) < 4.78 is 4.29. The fourth-order valence-corrected chi connectivity index (χ4v) is 2.13. The average molecular weight is 251 g/mol. The van der Waals surface area contributed by atoms with Crippen LogP contribution in [0.5, 0.6) is 0 Å². The van der Waals surface area contributed by atoms with Crippen molar-refractivity contribution in [2.75, 3.05) is 6.54 Å². The van der Waals surface area contributed by atoms with Gasteiger partial charge in [-0.1, -0.05) is 6.92 Å².